The molecule has 1 aromatic carbocycles. The average molecular weight is 410 g/mol. The maximum Gasteiger partial charge on any atom is 0.243 e. The van der Waals surface area contributed by atoms with Gasteiger partial charge in [-0.1, -0.05) is 13.0 Å². The molecule has 1 atom stereocenters. The molecule has 2 aliphatic heterocycles. The maximum atomic E-state index is 13.0. The number of nitrogens with zero attached hydrogens (tertiary/aromatic N) is 2. The molecule has 28 heavy (non-hydrogen) atoms. The summed E-state index contributed by atoms with van der Waals surface area (Å²) in [7, 11) is -3.61. The Kier molecular flexibility index (Phi) is 6.75. The summed E-state index contributed by atoms with van der Waals surface area (Å²) in [6, 6.07) is 4.84. The van der Waals surface area contributed by atoms with E-state index in [2.05, 4.69) is 17.1 Å². The number of morpholine rings is 1. The lowest BCUT2D eigenvalue weighted by molar-refractivity contribution is -0.121. The number of hydrogen-bond acceptors (Lipinski definition) is 5. The number of hydrogen-bond donors (Lipinski definition) is 1. The molecule has 1 aromatic rings. The first-order chi connectivity index (χ1) is 13.3. The van der Waals surface area contributed by atoms with Gasteiger partial charge in [-0.3, -0.25) is 9.69 Å². The molecule has 2 saturated heterocycles. The van der Waals surface area contributed by atoms with E-state index in [4.69, 9.17) is 4.74 Å². The van der Waals surface area contributed by atoms with Gasteiger partial charge in [0.25, 0.3) is 0 Å². The molecule has 2 fully saturated rings. The first-order valence-corrected chi connectivity index (χ1v) is 11.5. The lowest BCUT2D eigenvalue weighted by Crippen LogP contribution is -2.45. The Morgan fingerprint density at radius 2 is 1.82 bits per heavy atom. The van der Waals surface area contributed by atoms with Crippen molar-refractivity contribution in [2.24, 2.45) is 5.92 Å². The lowest BCUT2D eigenvalue weighted by Gasteiger charge is -2.34. The second-order valence-corrected chi connectivity index (χ2v) is 9.79. The summed E-state index contributed by atoms with van der Waals surface area (Å²) in [5.74, 6) is 0.602. The number of piperidine rings is 1. The molecule has 0 aliphatic carbocycles. The van der Waals surface area contributed by atoms with Gasteiger partial charge < -0.3 is 10.1 Å². The van der Waals surface area contributed by atoms with Crippen LogP contribution >= 0.6 is 0 Å². The number of nitrogens with one attached hydrogen (secondary N) is 1. The summed E-state index contributed by atoms with van der Waals surface area (Å²) in [6.45, 7) is 9.26. The Labute approximate surface area is 168 Å². The minimum Gasteiger partial charge on any atom is -0.379 e. The molecule has 0 saturated carbocycles. The van der Waals surface area contributed by atoms with Gasteiger partial charge in [0.1, 0.15) is 0 Å². The van der Waals surface area contributed by atoms with E-state index in [1.165, 1.54) is 4.31 Å². The zero-order valence-corrected chi connectivity index (χ0v) is 17.8. The number of carbonyl (C=O) groups is 1. The minimum absolute atomic E-state index is 0.104. The first kappa shape index (κ1) is 21.2. The quantitative estimate of drug-likeness (QED) is 0.806. The van der Waals surface area contributed by atoms with Gasteiger partial charge in [0.15, 0.2) is 0 Å². The molecule has 0 radical (unpaired) electrons. The largest absolute Gasteiger partial charge is 0.379 e. The summed E-state index contributed by atoms with van der Waals surface area (Å²) in [5, 5.41) is 2.90. The van der Waals surface area contributed by atoms with Gasteiger partial charge in [-0.25, -0.2) is 8.42 Å². The maximum absolute atomic E-state index is 13.0. The van der Waals surface area contributed by atoms with E-state index in [-0.39, 0.29) is 16.8 Å². The van der Waals surface area contributed by atoms with Crippen LogP contribution in [0.5, 0.6) is 0 Å². The van der Waals surface area contributed by atoms with E-state index in [1.807, 2.05) is 6.92 Å². The number of carbonyl (C=O) groups excluding carboxylic acids is 1. The van der Waals surface area contributed by atoms with Crippen LogP contribution in [-0.2, 0) is 19.6 Å². The van der Waals surface area contributed by atoms with E-state index < -0.39 is 10.0 Å². The highest BCUT2D eigenvalue weighted by molar-refractivity contribution is 7.89. The zero-order valence-electron chi connectivity index (χ0n) is 17.0. The third-order valence-corrected chi connectivity index (χ3v) is 7.83. The third-order valence-electron chi connectivity index (χ3n) is 5.79. The highest BCUT2D eigenvalue weighted by Gasteiger charge is 2.29. The Bertz CT molecular complexity index is 798. The molecule has 0 unspecified atom stereocenters. The van der Waals surface area contributed by atoms with Crippen molar-refractivity contribution >= 4 is 21.6 Å². The van der Waals surface area contributed by atoms with Gasteiger partial charge in [-0.2, -0.15) is 4.31 Å². The van der Waals surface area contributed by atoms with Crippen molar-refractivity contribution in [1.82, 2.24) is 9.21 Å². The molecular weight excluding hydrogens is 378 g/mol. The number of likely N-dealkylation sites (tertiary alicyclic amines) is 1. The molecule has 156 valence electrons. The first-order valence-electron chi connectivity index (χ1n) is 10.0. The molecule has 8 heteroatoms. The molecule has 2 heterocycles. The molecule has 0 spiro atoms. The van der Waals surface area contributed by atoms with Gasteiger partial charge in [-0.05, 0) is 63.4 Å². The van der Waals surface area contributed by atoms with Gasteiger partial charge in [0.05, 0.1) is 24.2 Å². The fraction of sp³-hybridized carbons (Fsp3) is 0.650. The molecule has 7 nitrogen and oxygen atoms in total. The summed E-state index contributed by atoms with van der Waals surface area (Å²) >= 11 is 0. The Balaban J connectivity index is 1.73. The fourth-order valence-corrected chi connectivity index (χ4v) is 5.37. The summed E-state index contributed by atoms with van der Waals surface area (Å²) in [4.78, 5) is 15.1. The van der Waals surface area contributed by atoms with Gasteiger partial charge in [0.2, 0.25) is 15.9 Å². The van der Waals surface area contributed by atoms with Crippen LogP contribution in [-0.4, -0.2) is 69.0 Å². The number of ether oxygens (including phenoxy) is 1. The van der Waals surface area contributed by atoms with Crippen LogP contribution in [0.4, 0.5) is 5.69 Å². The van der Waals surface area contributed by atoms with E-state index in [0.717, 1.165) is 25.9 Å². The second-order valence-electron chi connectivity index (χ2n) is 7.88. The van der Waals surface area contributed by atoms with Crippen LogP contribution in [0.3, 0.4) is 0 Å². The number of rotatable bonds is 5. The van der Waals surface area contributed by atoms with Crippen molar-refractivity contribution in [3.8, 4) is 0 Å². The Morgan fingerprint density at radius 3 is 2.46 bits per heavy atom. The number of anilines is 1. The summed E-state index contributed by atoms with van der Waals surface area (Å²) < 4.78 is 32.7. The van der Waals surface area contributed by atoms with E-state index >= 15 is 0 Å². The van der Waals surface area contributed by atoms with E-state index in [1.54, 1.807) is 25.1 Å². The van der Waals surface area contributed by atoms with Crippen molar-refractivity contribution in [3.05, 3.63) is 23.8 Å². The minimum atomic E-state index is -3.61. The van der Waals surface area contributed by atoms with Gasteiger partial charge >= 0.3 is 0 Å². The molecule has 3 rings (SSSR count). The SMILES string of the molecule is Cc1ccc(NC(=O)[C@@H](C)N2CCC(C)CC2)cc1S(=O)(=O)N1CCOCC1. The fourth-order valence-electron chi connectivity index (χ4n) is 3.71. The summed E-state index contributed by atoms with van der Waals surface area (Å²) in [6.07, 6.45) is 2.20. The zero-order chi connectivity index (χ0) is 20.3. The molecular formula is C20H31N3O4S. The van der Waals surface area contributed by atoms with Crippen molar-refractivity contribution in [2.45, 2.75) is 44.6 Å². The average Bonchev–Trinajstić information content (AvgIpc) is 2.70. The molecule has 2 aliphatic rings. The van der Waals surface area contributed by atoms with Crippen molar-refractivity contribution in [1.29, 1.82) is 0 Å². The van der Waals surface area contributed by atoms with Crippen molar-refractivity contribution in [2.75, 3.05) is 44.7 Å². The van der Waals surface area contributed by atoms with Crippen LogP contribution in [0, 0.1) is 12.8 Å². The normalized spacial score (nSPS) is 21.4. The standard InChI is InChI=1S/C20H31N3O4S/c1-15-6-8-22(9-7-15)17(3)20(24)21-18-5-4-16(2)19(14-18)28(25,26)23-10-12-27-13-11-23/h4-5,14-15,17H,6-13H2,1-3H3,(H,21,24)/t17-/m1/s1. The molecule has 0 bridgehead atoms. The van der Waals surface area contributed by atoms with Crippen LogP contribution in [0.1, 0.15) is 32.3 Å². The topological polar surface area (TPSA) is 79.0 Å². The van der Waals surface area contributed by atoms with Crippen molar-refractivity contribution in [3.63, 3.8) is 0 Å². The second kappa shape index (κ2) is 8.90. The molecule has 0 aromatic heterocycles. The van der Waals surface area contributed by atoms with Crippen LogP contribution < -0.4 is 5.32 Å². The van der Waals surface area contributed by atoms with Crippen LogP contribution in [0.25, 0.3) is 0 Å². The number of sulfonamides is 1. The van der Waals surface area contributed by atoms with E-state index in [9.17, 15) is 13.2 Å². The molecule has 1 amide bonds. The number of amides is 1. The van der Waals surface area contributed by atoms with Crippen LogP contribution in [0.15, 0.2) is 23.1 Å². The third kappa shape index (κ3) is 4.74. The number of benzene rings is 1. The van der Waals surface area contributed by atoms with Crippen molar-refractivity contribution < 1.29 is 17.9 Å². The molecule has 1 N–H and O–H groups in total. The smallest absolute Gasteiger partial charge is 0.243 e. The Hall–Kier alpha value is -1.48. The van der Waals surface area contributed by atoms with Crippen LogP contribution in [0.2, 0.25) is 0 Å². The van der Waals surface area contributed by atoms with Gasteiger partial charge in [0, 0.05) is 18.8 Å². The Morgan fingerprint density at radius 1 is 1.18 bits per heavy atom. The summed E-state index contributed by atoms with van der Waals surface area (Å²) in [5.41, 5.74) is 1.18. The monoisotopic (exact) mass is 409 g/mol. The van der Waals surface area contributed by atoms with Gasteiger partial charge in [-0.15, -0.1) is 0 Å². The number of aryl methyl sites for hydroxylation is 1. The highest BCUT2D eigenvalue weighted by atomic mass is 32.2. The van der Waals surface area contributed by atoms with E-state index in [0.29, 0.717) is 43.5 Å². The predicted molar refractivity (Wildman–Crippen MR) is 109 cm³/mol. The highest BCUT2D eigenvalue weighted by Crippen LogP contribution is 2.25. The predicted octanol–water partition coefficient (Wildman–Crippen LogP) is 2.07. The lowest BCUT2D eigenvalue weighted by atomic mass is 9.98.